The number of thiol groups is 1. The predicted octanol–water partition coefficient (Wildman–Crippen LogP) is 3.34. The number of ether oxygens (including phenoxy) is 1. The minimum Gasteiger partial charge on any atom is -0.496 e. The van der Waals surface area contributed by atoms with Crippen LogP contribution in [0.4, 0.5) is 0 Å². The van der Waals surface area contributed by atoms with Crippen molar-refractivity contribution in [3.05, 3.63) is 40.8 Å². The van der Waals surface area contributed by atoms with Crippen molar-refractivity contribution < 1.29 is 4.74 Å². The number of rotatable bonds is 3. The van der Waals surface area contributed by atoms with Crippen LogP contribution < -0.4 is 4.74 Å². The van der Waals surface area contributed by atoms with Crippen molar-refractivity contribution in [1.82, 2.24) is 9.97 Å². The van der Waals surface area contributed by atoms with Crippen molar-refractivity contribution in [3.63, 3.8) is 0 Å². The number of hydrogen-bond donors (Lipinski definition) is 1. The molecular formula is C12H11BrN2OS. The fourth-order valence-corrected chi connectivity index (χ4v) is 2.02. The third-order valence-electron chi connectivity index (χ3n) is 2.28. The maximum Gasteiger partial charge on any atom is 0.138 e. The molecule has 1 aromatic heterocycles. The predicted molar refractivity (Wildman–Crippen MR) is 74.4 cm³/mol. The average molecular weight is 311 g/mol. The third kappa shape index (κ3) is 2.79. The molecule has 0 amide bonds. The van der Waals surface area contributed by atoms with Crippen molar-refractivity contribution in [3.8, 4) is 17.0 Å². The summed E-state index contributed by atoms with van der Waals surface area (Å²) in [5.74, 6) is 2.01. The lowest BCUT2D eigenvalue weighted by Gasteiger charge is -2.08. The molecule has 17 heavy (non-hydrogen) atoms. The zero-order valence-electron chi connectivity index (χ0n) is 9.22. The van der Waals surface area contributed by atoms with E-state index in [-0.39, 0.29) is 0 Å². The highest BCUT2D eigenvalue weighted by molar-refractivity contribution is 9.10. The van der Waals surface area contributed by atoms with Crippen LogP contribution in [0.3, 0.4) is 0 Å². The summed E-state index contributed by atoms with van der Waals surface area (Å²) >= 11 is 7.62. The Morgan fingerprint density at radius 2 is 2.18 bits per heavy atom. The Bertz CT molecular complexity index is 534. The molecule has 0 unspecified atom stereocenters. The number of aromatic nitrogens is 2. The van der Waals surface area contributed by atoms with Crippen LogP contribution in [0.2, 0.25) is 0 Å². The molecule has 1 aromatic carbocycles. The zero-order chi connectivity index (χ0) is 12.3. The van der Waals surface area contributed by atoms with E-state index in [1.165, 1.54) is 0 Å². The summed E-state index contributed by atoms with van der Waals surface area (Å²) < 4.78 is 6.31. The minimum atomic E-state index is 0.518. The Morgan fingerprint density at radius 1 is 1.35 bits per heavy atom. The summed E-state index contributed by atoms with van der Waals surface area (Å²) in [6, 6.07) is 7.67. The smallest absolute Gasteiger partial charge is 0.138 e. The maximum absolute atomic E-state index is 5.33. The van der Waals surface area contributed by atoms with Crippen molar-refractivity contribution in [1.29, 1.82) is 0 Å². The van der Waals surface area contributed by atoms with Crippen molar-refractivity contribution in [2.45, 2.75) is 5.75 Å². The summed E-state index contributed by atoms with van der Waals surface area (Å²) in [4.78, 5) is 8.54. The number of nitrogens with zero attached hydrogens (tertiary/aromatic N) is 2. The minimum absolute atomic E-state index is 0.518. The molecular weight excluding hydrogens is 300 g/mol. The lowest BCUT2D eigenvalue weighted by Crippen LogP contribution is -1.95. The first-order chi connectivity index (χ1) is 8.24. The van der Waals surface area contributed by atoms with Crippen LogP contribution in [0.5, 0.6) is 5.75 Å². The van der Waals surface area contributed by atoms with Crippen molar-refractivity contribution >= 4 is 28.6 Å². The van der Waals surface area contributed by atoms with Gasteiger partial charge in [0.05, 0.1) is 18.6 Å². The normalized spacial score (nSPS) is 10.3. The van der Waals surface area contributed by atoms with Gasteiger partial charge in [0.2, 0.25) is 0 Å². The van der Waals surface area contributed by atoms with Gasteiger partial charge in [-0.15, -0.1) is 0 Å². The lowest BCUT2D eigenvalue weighted by molar-refractivity contribution is 0.416. The van der Waals surface area contributed by atoms with E-state index in [0.717, 1.165) is 21.5 Å². The highest BCUT2D eigenvalue weighted by atomic mass is 79.9. The summed E-state index contributed by atoms with van der Waals surface area (Å²) in [5.41, 5.74) is 1.77. The Balaban J connectivity index is 2.54. The number of halogens is 1. The van der Waals surface area contributed by atoms with E-state index in [9.17, 15) is 0 Å². The number of benzene rings is 1. The van der Waals surface area contributed by atoms with E-state index in [4.69, 9.17) is 4.74 Å². The van der Waals surface area contributed by atoms with E-state index >= 15 is 0 Å². The van der Waals surface area contributed by atoms with Crippen LogP contribution in [0.15, 0.2) is 34.9 Å². The molecule has 5 heteroatoms. The van der Waals surface area contributed by atoms with Gasteiger partial charge in [-0.25, -0.2) is 9.97 Å². The van der Waals surface area contributed by atoms with E-state index in [0.29, 0.717) is 11.6 Å². The number of methoxy groups -OCH3 is 1. The fraction of sp³-hybridized carbons (Fsp3) is 0.167. The second-order valence-electron chi connectivity index (χ2n) is 3.36. The van der Waals surface area contributed by atoms with Crippen LogP contribution in [0.25, 0.3) is 11.3 Å². The molecule has 88 valence electrons. The van der Waals surface area contributed by atoms with Crippen LogP contribution >= 0.6 is 28.6 Å². The van der Waals surface area contributed by atoms with Crippen LogP contribution in [-0.4, -0.2) is 17.1 Å². The highest BCUT2D eigenvalue weighted by Crippen LogP contribution is 2.31. The van der Waals surface area contributed by atoms with E-state index in [1.807, 2.05) is 24.3 Å². The summed E-state index contributed by atoms with van der Waals surface area (Å²) in [6.07, 6.45) is 1.73. The second kappa shape index (κ2) is 5.51. The quantitative estimate of drug-likeness (QED) is 0.883. The highest BCUT2D eigenvalue weighted by Gasteiger charge is 2.08. The van der Waals surface area contributed by atoms with Crippen LogP contribution in [-0.2, 0) is 5.75 Å². The molecule has 0 spiro atoms. The largest absolute Gasteiger partial charge is 0.496 e. The van der Waals surface area contributed by atoms with Gasteiger partial charge < -0.3 is 4.74 Å². The van der Waals surface area contributed by atoms with E-state index < -0.39 is 0 Å². The maximum atomic E-state index is 5.33. The van der Waals surface area contributed by atoms with E-state index in [1.54, 1.807) is 13.3 Å². The first-order valence-corrected chi connectivity index (χ1v) is 6.44. The molecule has 0 saturated carbocycles. The average Bonchev–Trinajstić information content (AvgIpc) is 2.39. The molecule has 0 aliphatic heterocycles. The first-order valence-electron chi connectivity index (χ1n) is 5.01. The fourth-order valence-electron chi connectivity index (χ4n) is 1.51. The topological polar surface area (TPSA) is 35.0 Å². The Hall–Kier alpha value is -1.07. The van der Waals surface area contributed by atoms with Crippen molar-refractivity contribution in [2.75, 3.05) is 7.11 Å². The summed E-state index contributed by atoms with van der Waals surface area (Å²) in [6.45, 7) is 0. The SMILES string of the molecule is COc1ccc(Br)cc1-c1ccnc(CS)n1. The van der Waals surface area contributed by atoms with Gasteiger partial charge >= 0.3 is 0 Å². The molecule has 2 rings (SSSR count). The molecule has 0 fully saturated rings. The van der Waals surface area contributed by atoms with Gasteiger partial charge in [-0.2, -0.15) is 12.6 Å². The molecule has 0 aliphatic rings. The Kier molecular flexibility index (Phi) is 4.02. The van der Waals surface area contributed by atoms with Gasteiger partial charge in [0.25, 0.3) is 0 Å². The first kappa shape index (κ1) is 12.4. The van der Waals surface area contributed by atoms with Gasteiger partial charge in [0.1, 0.15) is 11.6 Å². The molecule has 1 heterocycles. The van der Waals surface area contributed by atoms with Gasteiger partial charge in [0.15, 0.2) is 0 Å². The molecule has 0 radical (unpaired) electrons. The summed E-state index contributed by atoms with van der Waals surface area (Å²) in [7, 11) is 1.65. The number of hydrogen-bond acceptors (Lipinski definition) is 4. The molecule has 3 nitrogen and oxygen atoms in total. The molecule has 0 atom stereocenters. The molecule has 2 aromatic rings. The van der Waals surface area contributed by atoms with Gasteiger partial charge in [-0.3, -0.25) is 0 Å². The zero-order valence-corrected chi connectivity index (χ0v) is 11.7. The van der Waals surface area contributed by atoms with Crippen molar-refractivity contribution in [2.24, 2.45) is 0 Å². The van der Waals surface area contributed by atoms with Gasteiger partial charge in [-0.05, 0) is 24.3 Å². The Morgan fingerprint density at radius 3 is 2.88 bits per heavy atom. The van der Waals surface area contributed by atoms with Crippen LogP contribution in [0, 0.1) is 0 Å². The summed E-state index contributed by atoms with van der Waals surface area (Å²) in [5, 5.41) is 0. The molecule has 0 aliphatic carbocycles. The monoisotopic (exact) mass is 310 g/mol. The standard InChI is InChI=1S/C12H11BrN2OS/c1-16-11-3-2-8(13)6-9(11)10-4-5-14-12(7-17)15-10/h2-6,17H,7H2,1H3. The molecule has 0 saturated heterocycles. The van der Waals surface area contributed by atoms with Gasteiger partial charge in [0, 0.05) is 16.2 Å². The molecule has 0 N–H and O–H groups in total. The van der Waals surface area contributed by atoms with Crippen LogP contribution in [0.1, 0.15) is 5.82 Å². The lowest BCUT2D eigenvalue weighted by atomic mass is 10.1. The third-order valence-corrected chi connectivity index (χ3v) is 3.06. The Labute approximate surface area is 114 Å². The second-order valence-corrected chi connectivity index (χ2v) is 4.59. The molecule has 0 bridgehead atoms. The van der Waals surface area contributed by atoms with E-state index in [2.05, 4.69) is 38.5 Å². The van der Waals surface area contributed by atoms with Gasteiger partial charge in [-0.1, -0.05) is 15.9 Å².